The first-order valence-electron chi connectivity index (χ1n) is 7.29. The zero-order valence-corrected chi connectivity index (χ0v) is 14.5. The van der Waals surface area contributed by atoms with E-state index in [2.05, 4.69) is 5.32 Å². The maximum Gasteiger partial charge on any atom is 0.236 e. The Hall–Kier alpha value is -1.40. The van der Waals surface area contributed by atoms with Gasteiger partial charge in [0, 0.05) is 18.2 Å². The van der Waals surface area contributed by atoms with Crippen LogP contribution in [-0.2, 0) is 20.0 Å². The summed E-state index contributed by atoms with van der Waals surface area (Å²) in [5, 5.41) is 2.81. The van der Waals surface area contributed by atoms with Crippen LogP contribution in [0.15, 0.2) is 24.3 Å². The highest BCUT2D eigenvalue weighted by molar-refractivity contribution is 7.90. The van der Waals surface area contributed by atoms with Crippen molar-refractivity contribution in [3.8, 4) is 0 Å². The maximum absolute atomic E-state index is 12.0. The maximum atomic E-state index is 12.0. The summed E-state index contributed by atoms with van der Waals surface area (Å²) in [5.74, 6) is -0.396. The molecule has 1 unspecified atom stereocenters. The van der Waals surface area contributed by atoms with Gasteiger partial charge in [0.25, 0.3) is 0 Å². The number of amides is 1. The minimum absolute atomic E-state index is 0.0804. The first-order valence-corrected chi connectivity index (χ1v) is 9.35. The fourth-order valence-electron chi connectivity index (χ4n) is 2.02. The lowest BCUT2D eigenvalue weighted by molar-refractivity contribution is -0.122. The molecule has 0 saturated heterocycles. The quantitative estimate of drug-likeness (QED) is 0.786. The van der Waals surface area contributed by atoms with E-state index in [0.717, 1.165) is 11.8 Å². The van der Waals surface area contributed by atoms with E-state index in [1.165, 1.54) is 5.56 Å². The largest absolute Gasteiger partial charge is 0.354 e. The molecule has 1 rings (SSSR count). The van der Waals surface area contributed by atoms with Gasteiger partial charge < -0.3 is 11.1 Å². The topological polar surface area (TPSA) is 89.3 Å². The highest BCUT2D eigenvalue weighted by atomic mass is 32.2. The third-order valence-electron chi connectivity index (χ3n) is 3.67. The second kappa shape index (κ2) is 7.24. The molecule has 0 spiro atoms. The standard InChI is InChI=1S/C16H26N2O3S/c1-12-5-7-13(8-6-12)16(2,3)11-18-15(19)14(17)9-10-22(4,20)21/h5-8,14H,9-11,17H2,1-4H3,(H,18,19). The van der Waals surface area contributed by atoms with Gasteiger partial charge in [0.15, 0.2) is 0 Å². The number of carbonyl (C=O) groups is 1. The summed E-state index contributed by atoms with van der Waals surface area (Å²) in [6.45, 7) is 6.56. The second-order valence-corrected chi connectivity index (χ2v) is 8.75. The Kier molecular flexibility index (Phi) is 6.14. The fourth-order valence-corrected chi connectivity index (χ4v) is 2.70. The Labute approximate surface area is 133 Å². The molecule has 1 amide bonds. The molecule has 0 saturated carbocycles. The Balaban J connectivity index is 2.56. The second-order valence-electron chi connectivity index (χ2n) is 6.49. The lowest BCUT2D eigenvalue weighted by Gasteiger charge is -2.26. The van der Waals surface area contributed by atoms with Gasteiger partial charge in [0.2, 0.25) is 5.91 Å². The van der Waals surface area contributed by atoms with Crippen molar-refractivity contribution >= 4 is 15.7 Å². The SMILES string of the molecule is Cc1ccc(C(C)(C)CNC(=O)C(N)CCS(C)(=O)=O)cc1. The van der Waals surface area contributed by atoms with E-state index >= 15 is 0 Å². The number of carbonyl (C=O) groups excluding carboxylic acids is 1. The molecule has 0 heterocycles. The van der Waals surface area contributed by atoms with E-state index in [-0.39, 0.29) is 23.5 Å². The predicted molar refractivity (Wildman–Crippen MR) is 89.5 cm³/mol. The molecule has 0 aliphatic heterocycles. The van der Waals surface area contributed by atoms with Crippen LogP contribution in [0.5, 0.6) is 0 Å². The Morgan fingerprint density at radius 1 is 1.27 bits per heavy atom. The van der Waals surface area contributed by atoms with Gasteiger partial charge in [-0.3, -0.25) is 4.79 Å². The lowest BCUT2D eigenvalue weighted by Crippen LogP contribution is -2.45. The van der Waals surface area contributed by atoms with Crippen LogP contribution in [0.4, 0.5) is 0 Å². The number of hydrogen-bond acceptors (Lipinski definition) is 4. The smallest absolute Gasteiger partial charge is 0.236 e. The van der Waals surface area contributed by atoms with Gasteiger partial charge in [-0.15, -0.1) is 0 Å². The molecule has 124 valence electrons. The number of nitrogens with two attached hydrogens (primary N) is 1. The minimum atomic E-state index is -3.10. The van der Waals surface area contributed by atoms with Crippen LogP contribution in [-0.4, -0.2) is 38.9 Å². The minimum Gasteiger partial charge on any atom is -0.354 e. The normalized spacial score (nSPS) is 13.7. The summed E-state index contributed by atoms with van der Waals surface area (Å²) < 4.78 is 22.2. The Bertz CT molecular complexity index is 607. The molecular formula is C16H26N2O3S. The molecule has 0 fully saturated rings. The molecule has 1 aromatic rings. The molecule has 0 radical (unpaired) electrons. The van der Waals surface area contributed by atoms with Crippen molar-refractivity contribution in [3.05, 3.63) is 35.4 Å². The number of aryl methyl sites for hydroxylation is 1. The average Bonchev–Trinajstić information content (AvgIpc) is 2.42. The van der Waals surface area contributed by atoms with Crippen LogP contribution in [0.25, 0.3) is 0 Å². The zero-order valence-electron chi connectivity index (χ0n) is 13.7. The molecule has 0 bridgehead atoms. The van der Waals surface area contributed by atoms with Gasteiger partial charge in [0.05, 0.1) is 11.8 Å². The van der Waals surface area contributed by atoms with Crippen LogP contribution in [0.1, 0.15) is 31.4 Å². The molecule has 5 nitrogen and oxygen atoms in total. The van der Waals surface area contributed by atoms with E-state index in [4.69, 9.17) is 5.73 Å². The molecule has 6 heteroatoms. The summed E-state index contributed by atoms with van der Waals surface area (Å²) in [6.07, 6.45) is 1.27. The highest BCUT2D eigenvalue weighted by Crippen LogP contribution is 2.22. The zero-order chi connectivity index (χ0) is 17.0. The number of benzene rings is 1. The first-order chi connectivity index (χ1) is 10.0. The first kappa shape index (κ1) is 18.6. The van der Waals surface area contributed by atoms with E-state index < -0.39 is 15.9 Å². The van der Waals surface area contributed by atoms with E-state index in [9.17, 15) is 13.2 Å². The van der Waals surface area contributed by atoms with Crippen LogP contribution >= 0.6 is 0 Å². The van der Waals surface area contributed by atoms with Crippen molar-refractivity contribution in [3.63, 3.8) is 0 Å². The average molecular weight is 326 g/mol. The monoisotopic (exact) mass is 326 g/mol. The van der Waals surface area contributed by atoms with Crippen molar-refractivity contribution in [2.24, 2.45) is 5.73 Å². The Morgan fingerprint density at radius 2 is 1.82 bits per heavy atom. The van der Waals surface area contributed by atoms with Crippen LogP contribution in [0, 0.1) is 6.92 Å². The summed E-state index contributed by atoms with van der Waals surface area (Å²) in [7, 11) is -3.10. The van der Waals surface area contributed by atoms with Crippen LogP contribution < -0.4 is 11.1 Å². The molecule has 22 heavy (non-hydrogen) atoms. The van der Waals surface area contributed by atoms with E-state index in [0.29, 0.717) is 6.54 Å². The molecule has 1 atom stereocenters. The molecule has 0 aliphatic rings. The van der Waals surface area contributed by atoms with Gasteiger partial charge >= 0.3 is 0 Å². The van der Waals surface area contributed by atoms with Crippen molar-refractivity contribution in [1.29, 1.82) is 0 Å². The molecule has 0 aliphatic carbocycles. The molecule has 3 N–H and O–H groups in total. The highest BCUT2D eigenvalue weighted by Gasteiger charge is 2.23. The Morgan fingerprint density at radius 3 is 2.32 bits per heavy atom. The van der Waals surface area contributed by atoms with Crippen LogP contribution in [0.2, 0.25) is 0 Å². The fraction of sp³-hybridized carbons (Fsp3) is 0.562. The summed E-state index contributed by atoms with van der Waals surface area (Å²) in [5.41, 5.74) is 7.83. The number of nitrogens with one attached hydrogen (secondary N) is 1. The lowest BCUT2D eigenvalue weighted by atomic mass is 9.84. The van der Waals surface area contributed by atoms with Crippen molar-refractivity contribution in [2.45, 2.75) is 38.6 Å². The van der Waals surface area contributed by atoms with Crippen LogP contribution in [0.3, 0.4) is 0 Å². The van der Waals surface area contributed by atoms with Gasteiger partial charge in [-0.2, -0.15) is 0 Å². The van der Waals surface area contributed by atoms with Gasteiger partial charge in [-0.25, -0.2) is 8.42 Å². The molecule has 1 aromatic carbocycles. The van der Waals surface area contributed by atoms with Crippen molar-refractivity contribution < 1.29 is 13.2 Å². The van der Waals surface area contributed by atoms with E-state index in [1.807, 2.05) is 45.0 Å². The summed E-state index contributed by atoms with van der Waals surface area (Å²) in [4.78, 5) is 12.0. The predicted octanol–water partition coefficient (Wildman–Crippen LogP) is 1.15. The number of rotatable bonds is 7. The van der Waals surface area contributed by atoms with Gasteiger partial charge in [0.1, 0.15) is 9.84 Å². The summed E-state index contributed by atoms with van der Waals surface area (Å²) >= 11 is 0. The third-order valence-corrected chi connectivity index (χ3v) is 4.65. The number of sulfone groups is 1. The third kappa shape index (κ3) is 6.15. The van der Waals surface area contributed by atoms with Gasteiger partial charge in [-0.05, 0) is 18.9 Å². The molecule has 0 aromatic heterocycles. The van der Waals surface area contributed by atoms with Gasteiger partial charge in [-0.1, -0.05) is 43.7 Å². The molecular weight excluding hydrogens is 300 g/mol. The van der Waals surface area contributed by atoms with E-state index in [1.54, 1.807) is 0 Å². The summed E-state index contributed by atoms with van der Waals surface area (Å²) in [6, 6.07) is 7.37. The van der Waals surface area contributed by atoms with Crippen molar-refractivity contribution in [2.75, 3.05) is 18.6 Å². The number of hydrogen-bond donors (Lipinski definition) is 2. The van der Waals surface area contributed by atoms with Crippen molar-refractivity contribution in [1.82, 2.24) is 5.32 Å².